The first kappa shape index (κ1) is 19.1. The van der Waals surface area contributed by atoms with Crippen molar-refractivity contribution < 1.29 is 18.4 Å². The van der Waals surface area contributed by atoms with Crippen LogP contribution in [0.3, 0.4) is 0 Å². The number of amides is 1. The fraction of sp³-hybridized carbons (Fsp3) is 0.0435. The van der Waals surface area contributed by atoms with E-state index in [1.165, 1.54) is 18.2 Å². The lowest BCUT2D eigenvalue weighted by atomic mass is 10.0. The van der Waals surface area contributed by atoms with Crippen LogP contribution in [0.15, 0.2) is 75.6 Å². The predicted molar refractivity (Wildman–Crippen MR) is 113 cm³/mol. The molecule has 4 rings (SSSR count). The molecule has 0 saturated carbocycles. The zero-order chi connectivity index (χ0) is 20.5. The molecule has 0 spiro atoms. The number of carbonyl (C=O) groups is 2. The summed E-state index contributed by atoms with van der Waals surface area (Å²) >= 11 is 3.33. The largest absolute Gasteiger partial charge is 0.450 e. The highest BCUT2D eigenvalue weighted by Crippen LogP contribution is 2.33. The van der Waals surface area contributed by atoms with Crippen molar-refractivity contribution in [3.8, 4) is 0 Å². The van der Waals surface area contributed by atoms with Gasteiger partial charge in [0.05, 0.1) is 5.69 Å². The molecule has 0 fully saturated rings. The molecule has 3 aromatic carbocycles. The summed E-state index contributed by atoms with van der Waals surface area (Å²) < 4.78 is 20.6. The fourth-order valence-corrected chi connectivity index (χ4v) is 3.25. The van der Waals surface area contributed by atoms with Crippen LogP contribution in [0.25, 0.3) is 11.0 Å². The van der Waals surface area contributed by atoms with Gasteiger partial charge in [0, 0.05) is 21.0 Å². The molecule has 0 aliphatic heterocycles. The number of rotatable bonds is 4. The summed E-state index contributed by atoms with van der Waals surface area (Å²) in [5, 5.41) is 3.37. The van der Waals surface area contributed by atoms with E-state index < -0.39 is 11.6 Å². The van der Waals surface area contributed by atoms with Crippen LogP contribution < -0.4 is 5.32 Å². The molecule has 0 aliphatic carbocycles. The molecule has 144 valence electrons. The lowest BCUT2D eigenvalue weighted by Gasteiger charge is -2.07. The molecule has 4 nitrogen and oxygen atoms in total. The SMILES string of the molecule is Cc1ccc(C(=O)c2oc3ccccc3c2NC(=O)c2ccc(Br)cc2)cc1F. The average Bonchev–Trinajstić information content (AvgIpc) is 3.08. The van der Waals surface area contributed by atoms with Crippen LogP contribution in [0.2, 0.25) is 0 Å². The molecule has 0 saturated heterocycles. The molecule has 0 unspecified atom stereocenters. The minimum Gasteiger partial charge on any atom is -0.450 e. The zero-order valence-electron chi connectivity index (χ0n) is 15.3. The summed E-state index contributed by atoms with van der Waals surface area (Å²) in [6.45, 7) is 1.62. The van der Waals surface area contributed by atoms with Crippen molar-refractivity contribution in [1.29, 1.82) is 0 Å². The second-order valence-corrected chi connectivity index (χ2v) is 7.47. The van der Waals surface area contributed by atoms with Crippen LogP contribution in [-0.4, -0.2) is 11.7 Å². The summed E-state index contributed by atoms with van der Waals surface area (Å²) in [5.41, 5.74) is 1.73. The third-order valence-electron chi connectivity index (χ3n) is 4.58. The van der Waals surface area contributed by atoms with Crippen LogP contribution in [0.4, 0.5) is 10.1 Å². The van der Waals surface area contributed by atoms with Gasteiger partial charge in [-0.1, -0.05) is 40.2 Å². The van der Waals surface area contributed by atoms with Gasteiger partial charge in [-0.3, -0.25) is 9.59 Å². The Kier molecular flexibility index (Phi) is 5.03. The lowest BCUT2D eigenvalue weighted by molar-refractivity contribution is 0.101. The summed E-state index contributed by atoms with van der Waals surface area (Å²) in [5.74, 6) is -1.41. The Morgan fingerprint density at radius 3 is 2.38 bits per heavy atom. The summed E-state index contributed by atoms with van der Waals surface area (Å²) in [6.07, 6.45) is 0. The van der Waals surface area contributed by atoms with Gasteiger partial charge in [-0.25, -0.2) is 4.39 Å². The van der Waals surface area contributed by atoms with Crippen molar-refractivity contribution in [2.24, 2.45) is 0 Å². The fourth-order valence-electron chi connectivity index (χ4n) is 2.98. The van der Waals surface area contributed by atoms with Gasteiger partial charge in [0.25, 0.3) is 5.91 Å². The molecule has 29 heavy (non-hydrogen) atoms. The number of benzene rings is 3. The molecule has 6 heteroatoms. The smallest absolute Gasteiger partial charge is 0.255 e. The average molecular weight is 452 g/mol. The Balaban J connectivity index is 1.78. The number of para-hydroxylation sites is 1. The van der Waals surface area contributed by atoms with Gasteiger partial charge in [0.15, 0.2) is 5.76 Å². The molecule has 0 atom stereocenters. The van der Waals surface area contributed by atoms with E-state index in [1.54, 1.807) is 55.5 Å². The van der Waals surface area contributed by atoms with Crippen molar-refractivity contribution in [2.45, 2.75) is 6.92 Å². The molecule has 0 radical (unpaired) electrons. The molecule has 1 heterocycles. The van der Waals surface area contributed by atoms with Crippen LogP contribution in [0, 0.1) is 12.7 Å². The summed E-state index contributed by atoms with van der Waals surface area (Å²) in [7, 11) is 0. The number of hydrogen-bond donors (Lipinski definition) is 1. The highest BCUT2D eigenvalue weighted by atomic mass is 79.9. The third kappa shape index (κ3) is 3.71. The minimum absolute atomic E-state index is 0.0417. The van der Waals surface area contributed by atoms with E-state index in [-0.39, 0.29) is 22.9 Å². The number of halogens is 2. The summed E-state index contributed by atoms with van der Waals surface area (Å²) in [6, 6.07) is 18.1. The van der Waals surface area contributed by atoms with Crippen molar-refractivity contribution >= 4 is 44.3 Å². The molecule has 4 aromatic rings. The summed E-state index contributed by atoms with van der Waals surface area (Å²) in [4.78, 5) is 25.8. The molecule has 1 N–H and O–H groups in total. The predicted octanol–water partition coefficient (Wildman–Crippen LogP) is 6.13. The van der Waals surface area contributed by atoms with E-state index in [0.717, 1.165) is 4.47 Å². The van der Waals surface area contributed by atoms with Gasteiger partial charge >= 0.3 is 0 Å². The molecule has 0 aliphatic rings. The Bertz CT molecular complexity index is 1240. The van der Waals surface area contributed by atoms with E-state index in [0.29, 0.717) is 22.1 Å². The minimum atomic E-state index is -0.508. The monoisotopic (exact) mass is 451 g/mol. The van der Waals surface area contributed by atoms with Crippen molar-refractivity contribution in [2.75, 3.05) is 5.32 Å². The number of aryl methyl sites for hydroxylation is 1. The number of hydrogen-bond acceptors (Lipinski definition) is 3. The van der Waals surface area contributed by atoms with Crippen molar-refractivity contribution in [1.82, 2.24) is 0 Å². The topological polar surface area (TPSA) is 59.3 Å². The first-order valence-corrected chi connectivity index (χ1v) is 9.62. The molecular formula is C23H15BrFNO3. The Hall–Kier alpha value is -3.25. The van der Waals surface area contributed by atoms with Crippen LogP contribution in [0.5, 0.6) is 0 Å². The standard InChI is InChI=1S/C23H15BrFNO3/c1-13-6-7-15(12-18(13)25)21(27)22-20(17-4-2-3-5-19(17)29-22)26-23(28)14-8-10-16(24)11-9-14/h2-12H,1H3,(H,26,28). The number of fused-ring (bicyclic) bond motifs is 1. The van der Waals surface area contributed by atoms with E-state index in [4.69, 9.17) is 4.42 Å². The third-order valence-corrected chi connectivity index (χ3v) is 5.11. The highest BCUT2D eigenvalue weighted by Gasteiger charge is 2.24. The van der Waals surface area contributed by atoms with E-state index in [1.807, 2.05) is 0 Å². The first-order chi connectivity index (χ1) is 13.9. The molecular weight excluding hydrogens is 437 g/mol. The second-order valence-electron chi connectivity index (χ2n) is 6.56. The number of anilines is 1. The van der Waals surface area contributed by atoms with Gasteiger partial charge in [-0.2, -0.15) is 0 Å². The van der Waals surface area contributed by atoms with Crippen LogP contribution in [-0.2, 0) is 0 Å². The second kappa shape index (κ2) is 7.64. The maximum Gasteiger partial charge on any atom is 0.255 e. The van der Waals surface area contributed by atoms with Gasteiger partial charge in [0.1, 0.15) is 11.4 Å². The van der Waals surface area contributed by atoms with Gasteiger partial charge < -0.3 is 9.73 Å². The van der Waals surface area contributed by atoms with Crippen LogP contribution >= 0.6 is 15.9 Å². The molecule has 1 aromatic heterocycles. The number of carbonyl (C=O) groups excluding carboxylic acids is 2. The van der Waals surface area contributed by atoms with Gasteiger partial charge in [0.2, 0.25) is 5.78 Å². The number of nitrogens with one attached hydrogen (secondary N) is 1. The highest BCUT2D eigenvalue weighted by molar-refractivity contribution is 9.10. The van der Waals surface area contributed by atoms with E-state index in [9.17, 15) is 14.0 Å². The molecule has 0 bridgehead atoms. The van der Waals surface area contributed by atoms with E-state index >= 15 is 0 Å². The normalized spacial score (nSPS) is 10.9. The Morgan fingerprint density at radius 2 is 1.66 bits per heavy atom. The zero-order valence-corrected chi connectivity index (χ0v) is 16.9. The Morgan fingerprint density at radius 1 is 0.966 bits per heavy atom. The number of furan rings is 1. The van der Waals surface area contributed by atoms with Crippen molar-refractivity contribution in [3.05, 3.63) is 99.5 Å². The lowest BCUT2D eigenvalue weighted by Crippen LogP contribution is -2.14. The quantitative estimate of drug-likeness (QED) is 0.379. The van der Waals surface area contributed by atoms with Gasteiger partial charge in [-0.05, 0) is 55.0 Å². The Labute approximate surface area is 174 Å². The van der Waals surface area contributed by atoms with Crippen LogP contribution in [0.1, 0.15) is 32.0 Å². The van der Waals surface area contributed by atoms with Gasteiger partial charge in [-0.15, -0.1) is 0 Å². The number of ketones is 1. The van der Waals surface area contributed by atoms with E-state index in [2.05, 4.69) is 21.2 Å². The maximum absolute atomic E-state index is 14.0. The molecule has 1 amide bonds. The van der Waals surface area contributed by atoms with Crippen molar-refractivity contribution in [3.63, 3.8) is 0 Å². The first-order valence-electron chi connectivity index (χ1n) is 8.83. The maximum atomic E-state index is 14.0.